The van der Waals surface area contributed by atoms with Gasteiger partial charge in [0.2, 0.25) is 0 Å². The maximum Gasteiger partial charge on any atom is 0.490 e. The summed E-state index contributed by atoms with van der Waals surface area (Å²) >= 11 is 0. The number of alkyl halides is 3. The van der Waals surface area contributed by atoms with Crippen molar-refractivity contribution >= 4 is 11.9 Å². The fourth-order valence-electron chi connectivity index (χ4n) is 3.15. The van der Waals surface area contributed by atoms with Crippen molar-refractivity contribution in [2.75, 3.05) is 19.7 Å². The van der Waals surface area contributed by atoms with Gasteiger partial charge in [0.15, 0.2) is 0 Å². The van der Waals surface area contributed by atoms with Crippen LogP contribution in [0.3, 0.4) is 0 Å². The van der Waals surface area contributed by atoms with E-state index in [4.69, 9.17) is 19.7 Å². The van der Waals surface area contributed by atoms with Crippen molar-refractivity contribution in [3.8, 4) is 5.75 Å². The maximum atomic E-state index is 10.6. The Morgan fingerprint density at radius 2 is 1.43 bits per heavy atom. The molecule has 6 nitrogen and oxygen atoms in total. The number of carboxylic acids is 2. The van der Waals surface area contributed by atoms with Crippen LogP contribution in [0.5, 0.6) is 5.75 Å². The molecular weight excluding hydrogens is 463 g/mol. The van der Waals surface area contributed by atoms with Crippen molar-refractivity contribution in [1.82, 2.24) is 5.32 Å². The summed E-state index contributed by atoms with van der Waals surface area (Å²) in [4.78, 5) is 19.4. The average molecular weight is 498 g/mol. The summed E-state index contributed by atoms with van der Waals surface area (Å²) in [6, 6.07) is 19.0. The minimum atomic E-state index is -5.08. The zero-order chi connectivity index (χ0) is 25.9. The fourth-order valence-corrected chi connectivity index (χ4v) is 3.15. The minimum absolute atomic E-state index is 0.176. The van der Waals surface area contributed by atoms with Gasteiger partial charge in [-0.25, -0.2) is 4.79 Å². The molecule has 0 aliphatic heterocycles. The highest BCUT2D eigenvalue weighted by Crippen LogP contribution is 2.16. The summed E-state index contributed by atoms with van der Waals surface area (Å²) in [6.07, 6.45) is 2.99. The normalized spacial score (nSPS) is 10.8. The number of aliphatic carboxylic acids is 2. The molecule has 0 aromatic heterocycles. The second kappa shape index (κ2) is 17.4. The molecule has 2 aromatic rings. The van der Waals surface area contributed by atoms with Crippen LogP contribution in [0.25, 0.3) is 0 Å². The first kappa shape index (κ1) is 30.0. The number of aryl methyl sites for hydroxylation is 2. The van der Waals surface area contributed by atoms with Gasteiger partial charge in [0, 0.05) is 6.54 Å². The molecule has 9 heteroatoms. The van der Waals surface area contributed by atoms with Gasteiger partial charge in [-0.15, -0.1) is 0 Å². The summed E-state index contributed by atoms with van der Waals surface area (Å²) in [5.41, 5.74) is 2.69. The molecule has 0 saturated carbocycles. The van der Waals surface area contributed by atoms with Crippen LogP contribution in [0, 0.1) is 0 Å². The van der Waals surface area contributed by atoms with E-state index in [0.29, 0.717) is 6.54 Å². The fraction of sp³-hybridized carbons (Fsp3) is 0.462. The van der Waals surface area contributed by atoms with Crippen LogP contribution >= 0.6 is 0 Å². The Kier molecular flexibility index (Phi) is 14.9. The lowest BCUT2D eigenvalue weighted by Crippen LogP contribution is -2.21. The van der Waals surface area contributed by atoms with Crippen molar-refractivity contribution in [2.45, 2.75) is 57.5 Å². The number of carboxylic acid groups (broad SMARTS) is 2. The molecule has 0 heterocycles. The van der Waals surface area contributed by atoms with Crippen LogP contribution in [0.15, 0.2) is 54.6 Å². The van der Waals surface area contributed by atoms with Crippen molar-refractivity contribution in [3.05, 3.63) is 65.7 Å². The van der Waals surface area contributed by atoms with E-state index in [1.807, 2.05) is 12.1 Å². The van der Waals surface area contributed by atoms with Crippen molar-refractivity contribution in [2.24, 2.45) is 0 Å². The smallest absolute Gasteiger partial charge is 0.490 e. The van der Waals surface area contributed by atoms with Gasteiger partial charge in [-0.3, -0.25) is 4.79 Å². The zero-order valence-electron chi connectivity index (χ0n) is 19.7. The number of unbranched alkanes of at least 4 members (excludes halogenated alkanes) is 3. The van der Waals surface area contributed by atoms with E-state index in [-0.39, 0.29) is 6.42 Å². The number of rotatable bonds is 15. The molecule has 0 amide bonds. The van der Waals surface area contributed by atoms with E-state index in [0.717, 1.165) is 44.6 Å². The van der Waals surface area contributed by atoms with Crippen LogP contribution in [0.2, 0.25) is 0 Å². The van der Waals surface area contributed by atoms with Gasteiger partial charge >= 0.3 is 18.1 Å². The minimum Gasteiger partial charge on any atom is -0.494 e. The van der Waals surface area contributed by atoms with Crippen LogP contribution < -0.4 is 10.1 Å². The van der Waals surface area contributed by atoms with Crippen LogP contribution in [-0.4, -0.2) is 48.0 Å². The second-order valence-corrected chi connectivity index (χ2v) is 7.95. The van der Waals surface area contributed by atoms with Gasteiger partial charge in [0.25, 0.3) is 0 Å². The highest BCUT2D eigenvalue weighted by atomic mass is 19.4. The summed E-state index contributed by atoms with van der Waals surface area (Å²) in [5, 5.41) is 18.9. The molecule has 0 radical (unpaired) electrons. The molecule has 0 spiro atoms. The standard InChI is InChI=1S/C24H33NO3.C2HF3O2/c26-24(27)16-18-25-17-9-14-22-13-8-15-23(20-22)28-19-7-2-1-4-10-21-11-5-3-6-12-21;3-2(4,5)1(6)7/h3,5-6,8,11-13,15,20,25H,1-2,4,7,9-10,14,16-19H2,(H,26,27);(H,6,7). The molecule has 2 rings (SSSR count). The maximum absolute atomic E-state index is 10.6. The molecule has 0 bridgehead atoms. The summed E-state index contributed by atoms with van der Waals surface area (Å²) in [6.45, 7) is 2.14. The molecule has 35 heavy (non-hydrogen) atoms. The first-order valence-electron chi connectivity index (χ1n) is 11.7. The molecule has 0 saturated heterocycles. The highest BCUT2D eigenvalue weighted by Gasteiger charge is 2.38. The van der Waals surface area contributed by atoms with Crippen molar-refractivity contribution < 1.29 is 37.7 Å². The Morgan fingerprint density at radius 1 is 0.800 bits per heavy atom. The predicted octanol–water partition coefficient (Wildman–Crippen LogP) is 5.50. The third-order valence-corrected chi connectivity index (χ3v) is 4.95. The zero-order valence-corrected chi connectivity index (χ0v) is 19.7. The first-order valence-corrected chi connectivity index (χ1v) is 11.7. The van der Waals surface area contributed by atoms with E-state index < -0.39 is 18.1 Å². The number of hydrogen-bond donors (Lipinski definition) is 3. The molecule has 3 N–H and O–H groups in total. The van der Waals surface area contributed by atoms with Gasteiger partial charge in [-0.2, -0.15) is 13.2 Å². The van der Waals surface area contributed by atoms with Crippen molar-refractivity contribution in [1.29, 1.82) is 0 Å². The van der Waals surface area contributed by atoms with Crippen LogP contribution in [-0.2, 0) is 22.4 Å². The number of nitrogens with one attached hydrogen (secondary N) is 1. The number of halogens is 3. The third-order valence-electron chi connectivity index (χ3n) is 4.95. The molecular formula is C26H34F3NO5. The second-order valence-electron chi connectivity index (χ2n) is 7.95. The van der Waals surface area contributed by atoms with E-state index >= 15 is 0 Å². The number of ether oxygens (including phenoxy) is 1. The van der Waals surface area contributed by atoms with E-state index in [9.17, 15) is 18.0 Å². The number of carbonyl (C=O) groups is 2. The van der Waals surface area contributed by atoms with Gasteiger partial charge in [0.05, 0.1) is 13.0 Å². The highest BCUT2D eigenvalue weighted by molar-refractivity contribution is 5.73. The lowest BCUT2D eigenvalue weighted by atomic mass is 10.1. The van der Waals surface area contributed by atoms with Gasteiger partial charge in [-0.05, 0) is 61.9 Å². The van der Waals surface area contributed by atoms with Crippen LogP contribution in [0.4, 0.5) is 13.2 Å². The Balaban J connectivity index is 0.000000762. The molecule has 2 aromatic carbocycles. The number of hydrogen-bond acceptors (Lipinski definition) is 4. The SMILES string of the molecule is O=C(O)C(F)(F)F.O=C(O)CCNCCCc1cccc(OCCCCCCc2ccccc2)c1. The molecule has 0 atom stereocenters. The summed E-state index contributed by atoms with van der Waals surface area (Å²) < 4.78 is 37.6. The van der Waals surface area contributed by atoms with E-state index in [1.54, 1.807) is 0 Å². The number of benzene rings is 2. The molecule has 0 unspecified atom stereocenters. The summed E-state index contributed by atoms with van der Waals surface area (Å²) in [7, 11) is 0. The molecule has 0 fully saturated rings. The molecule has 194 valence electrons. The van der Waals surface area contributed by atoms with E-state index in [1.165, 1.54) is 30.4 Å². The van der Waals surface area contributed by atoms with Gasteiger partial charge < -0.3 is 20.3 Å². The Hall–Kier alpha value is -3.07. The lowest BCUT2D eigenvalue weighted by molar-refractivity contribution is -0.192. The third kappa shape index (κ3) is 16.2. The first-order chi connectivity index (χ1) is 16.7. The van der Waals surface area contributed by atoms with Gasteiger partial charge in [0.1, 0.15) is 5.75 Å². The Labute approximate surface area is 204 Å². The largest absolute Gasteiger partial charge is 0.494 e. The lowest BCUT2D eigenvalue weighted by Gasteiger charge is -2.09. The topological polar surface area (TPSA) is 95.9 Å². The van der Waals surface area contributed by atoms with Crippen LogP contribution in [0.1, 0.15) is 49.7 Å². The monoisotopic (exact) mass is 497 g/mol. The summed E-state index contributed by atoms with van der Waals surface area (Å²) in [5.74, 6) is -2.57. The predicted molar refractivity (Wildman–Crippen MR) is 128 cm³/mol. The molecule has 0 aliphatic rings. The average Bonchev–Trinajstić information content (AvgIpc) is 2.81. The van der Waals surface area contributed by atoms with E-state index in [2.05, 4.69) is 47.8 Å². The van der Waals surface area contributed by atoms with Crippen molar-refractivity contribution in [3.63, 3.8) is 0 Å². The Bertz CT molecular complexity index is 860. The Morgan fingerprint density at radius 3 is 2.09 bits per heavy atom. The van der Waals surface area contributed by atoms with Gasteiger partial charge in [-0.1, -0.05) is 55.3 Å². The molecule has 0 aliphatic carbocycles. The quantitative estimate of drug-likeness (QED) is 0.281.